The molecule has 0 aromatic carbocycles. The second kappa shape index (κ2) is 6.57. The standard InChI is InChI=1S/C8H19NO2S/c1-7(9)6-12(10)8(2)4-5-11-3/h7-8H,4-6,9H2,1-3H3. The van der Waals surface area contributed by atoms with Crippen molar-refractivity contribution < 1.29 is 8.95 Å². The first-order chi connectivity index (χ1) is 5.57. The van der Waals surface area contributed by atoms with Crippen molar-refractivity contribution >= 4 is 10.8 Å². The molecule has 2 N–H and O–H groups in total. The van der Waals surface area contributed by atoms with Crippen LogP contribution in [0.5, 0.6) is 0 Å². The summed E-state index contributed by atoms with van der Waals surface area (Å²) >= 11 is 0. The highest BCUT2D eigenvalue weighted by atomic mass is 32.2. The van der Waals surface area contributed by atoms with Crippen molar-refractivity contribution in [1.29, 1.82) is 0 Å². The second-order valence-corrected chi connectivity index (χ2v) is 5.02. The van der Waals surface area contributed by atoms with Gasteiger partial charge in [0.2, 0.25) is 0 Å². The quantitative estimate of drug-likeness (QED) is 0.668. The summed E-state index contributed by atoms with van der Waals surface area (Å²) in [7, 11) is 0.853. The summed E-state index contributed by atoms with van der Waals surface area (Å²) < 4.78 is 16.3. The second-order valence-electron chi connectivity index (χ2n) is 3.12. The molecule has 12 heavy (non-hydrogen) atoms. The molecule has 0 aliphatic rings. The lowest BCUT2D eigenvalue weighted by Gasteiger charge is -2.12. The maximum atomic E-state index is 11.4. The van der Waals surface area contributed by atoms with Crippen molar-refractivity contribution in [2.24, 2.45) is 5.73 Å². The predicted octanol–water partition coefficient (Wildman–Crippen LogP) is 0.507. The van der Waals surface area contributed by atoms with Gasteiger partial charge >= 0.3 is 0 Å². The van der Waals surface area contributed by atoms with E-state index in [1.54, 1.807) is 7.11 Å². The van der Waals surface area contributed by atoms with Crippen LogP contribution in [-0.4, -0.2) is 35.0 Å². The predicted molar refractivity (Wildman–Crippen MR) is 52.6 cm³/mol. The molecular formula is C8H19NO2S. The third kappa shape index (κ3) is 5.69. The lowest BCUT2D eigenvalue weighted by molar-refractivity contribution is 0.195. The van der Waals surface area contributed by atoms with E-state index in [1.807, 2.05) is 13.8 Å². The molecule has 0 aromatic rings. The molecule has 0 fully saturated rings. The zero-order valence-electron chi connectivity index (χ0n) is 8.08. The summed E-state index contributed by atoms with van der Waals surface area (Å²) in [6.07, 6.45) is 0.843. The zero-order chi connectivity index (χ0) is 9.56. The number of hydrogen-bond donors (Lipinski definition) is 1. The van der Waals surface area contributed by atoms with Crippen LogP contribution in [0.25, 0.3) is 0 Å². The molecule has 0 heterocycles. The molecule has 0 aliphatic heterocycles. The molecule has 0 saturated heterocycles. The maximum Gasteiger partial charge on any atom is 0.0473 e. The van der Waals surface area contributed by atoms with Crippen molar-refractivity contribution in [3.05, 3.63) is 0 Å². The monoisotopic (exact) mass is 193 g/mol. The van der Waals surface area contributed by atoms with Crippen LogP contribution in [0, 0.1) is 0 Å². The van der Waals surface area contributed by atoms with Gasteiger partial charge < -0.3 is 10.5 Å². The molecule has 3 unspecified atom stereocenters. The van der Waals surface area contributed by atoms with Crippen LogP contribution < -0.4 is 5.73 Å². The summed E-state index contributed by atoms with van der Waals surface area (Å²) in [6.45, 7) is 4.52. The number of methoxy groups -OCH3 is 1. The Morgan fingerprint density at radius 3 is 2.50 bits per heavy atom. The van der Waals surface area contributed by atoms with Crippen LogP contribution in [0.15, 0.2) is 0 Å². The molecule has 0 aromatic heterocycles. The Labute approximate surface area is 77.1 Å². The normalized spacial score (nSPS) is 18.7. The van der Waals surface area contributed by atoms with Crippen LogP contribution in [0.3, 0.4) is 0 Å². The van der Waals surface area contributed by atoms with E-state index >= 15 is 0 Å². The summed E-state index contributed by atoms with van der Waals surface area (Å²) in [5, 5.41) is 0.191. The molecule has 0 aliphatic carbocycles. The van der Waals surface area contributed by atoms with Gasteiger partial charge in [-0.05, 0) is 13.3 Å². The van der Waals surface area contributed by atoms with Crippen molar-refractivity contribution in [1.82, 2.24) is 0 Å². The van der Waals surface area contributed by atoms with Gasteiger partial charge in [0.05, 0.1) is 0 Å². The smallest absolute Gasteiger partial charge is 0.0473 e. The number of nitrogens with two attached hydrogens (primary N) is 1. The minimum Gasteiger partial charge on any atom is -0.385 e. The molecule has 3 nitrogen and oxygen atoms in total. The van der Waals surface area contributed by atoms with E-state index in [0.29, 0.717) is 12.4 Å². The lowest BCUT2D eigenvalue weighted by atomic mass is 10.3. The maximum absolute atomic E-state index is 11.4. The molecule has 0 radical (unpaired) electrons. The van der Waals surface area contributed by atoms with Crippen LogP contribution >= 0.6 is 0 Å². The Hall–Kier alpha value is 0.0700. The fraction of sp³-hybridized carbons (Fsp3) is 1.00. The van der Waals surface area contributed by atoms with Crippen molar-refractivity contribution in [3.63, 3.8) is 0 Å². The molecule has 0 amide bonds. The topological polar surface area (TPSA) is 52.3 Å². The fourth-order valence-corrected chi connectivity index (χ4v) is 2.04. The van der Waals surface area contributed by atoms with Gasteiger partial charge in [-0.15, -0.1) is 0 Å². The van der Waals surface area contributed by atoms with E-state index in [2.05, 4.69) is 0 Å². The molecule has 0 saturated carbocycles. The average Bonchev–Trinajstić information content (AvgIpc) is 1.98. The van der Waals surface area contributed by atoms with E-state index in [0.717, 1.165) is 6.42 Å². The van der Waals surface area contributed by atoms with Gasteiger partial charge in [-0.3, -0.25) is 4.21 Å². The summed E-state index contributed by atoms with van der Waals surface area (Å²) in [6, 6.07) is 0.0239. The van der Waals surface area contributed by atoms with E-state index < -0.39 is 10.8 Å². The van der Waals surface area contributed by atoms with Crippen molar-refractivity contribution in [2.75, 3.05) is 19.5 Å². The fourth-order valence-electron chi connectivity index (χ4n) is 0.839. The molecule has 74 valence electrons. The third-order valence-corrected chi connectivity index (χ3v) is 3.59. The average molecular weight is 193 g/mol. The minimum absolute atomic E-state index is 0.0239. The largest absolute Gasteiger partial charge is 0.385 e. The van der Waals surface area contributed by atoms with Gasteiger partial charge in [0.25, 0.3) is 0 Å². The van der Waals surface area contributed by atoms with Crippen LogP contribution in [0.4, 0.5) is 0 Å². The van der Waals surface area contributed by atoms with Gasteiger partial charge in [-0.25, -0.2) is 0 Å². The first kappa shape index (κ1) is 12.1. The van der Waals surface area contributed by atoms with Crippen molar-refractivity contribution in [3.8, 4) is 0 Å². The van der Waals surface area contributed by atoms with E-state index in [1.165, 1.54) is 0 Å². The lowest BCUT2D eigenvalue weighted by Crippen LogP contribution is -2.27. The van der Waals surface area contributed by atoms with E-state index in [9.17, 15) is 4.21 Å². The zero-order valence-corrected chi connectivity index (χ0v) is 8.89. The molecule has 3 atom stereocenters. The van der Waals surface area contributed by atoms with Gasteiger partial charge in [0.1, 0.15) is 0 Å². The number of rotatable bonds is 6. The summed E-state index contributed by atoms with van der Waals surface area (Å²) in [5.41, 5.74) is 5.54. The van der Waals surface area contributed by atoms with Gasteiger partial charge in [0, 0.05) is 41.6 Å². The highest BCUT2D eigenvalue weighted by molar-refractivity contribution is 7.85. The van der Waals surface area contributed by atoms with E-state index in [-0.39, 0.29) is 11.3 Å². The minimum atomic E-state index is -0.801. The number of ether oxygens (including phenoxy) is 1. The van der Waals surface area contributed by atoms with Crippen molar-refractivity contribution in [2.45, 2.75) is 31.6 Å². The summed E-state index contributed by atoms with van der Waals surface area (Å²) in [4.78, 5) is 0. The first-order valence-corrected chi connectivity index (χ1v) is 5.57. The highest BCUT2D eigenvalue weighted by Gasteiger charge is 2.11. The first-order valence-electron chi connectivity index (χ1n) is 4.19. The Kier molecular flexibility index (Phi) is 6.61. The Morgan fingerprint density at radius 2 is 2.08 bits per heavy atom. The Bertz CT molecular complexity index is 139. The van der Waals surface area contributed by atoms with Crippen LogP contribution in [0.2, 0.25) is 0 Å². The molecule has 0 bridgehead atoms. The summed E-state index contributed by atoms with van der Waals surface area (Å²) in [5.74, 6) is 0.588. The Morgan fingerprint density at radius 1 is 1.50 bits per heavy atom. The molecule has 0 rings (SSSR count). The third-order valence-electron chi connectivity index (χ3n) is 1.60. The van der Waals surface area contributed by atoms with Gasteiger partial charge in [0.15, 0.2) is 0 Å². The highest BCUT2D eigenvalue weighted by Crippen LogP contribution is 2.02. The van der Waals surface area contributed by atoms with Crippen LogP contribution in [0.1, 0.15) is 20.3 Å². The van der Waals surface area contributed by atoms with Gasteiger partial charge in [-0.2, -0.15) is 0 Å². The Balaban J connectivity index is 3.61. The van der Waals surface area contributed by atoms with E-state index in [4.69, 9.17) is 10.5 Å². The molecule has 0 spiro atoms. The van der Waals surface area contributed by atoms with Crippen LogP contribution in [-0.2, 0) is 15.5 Å². The SMILES string of the molecule is COCCC(C)S(=O)CC(C)N. The molecule has 4 heteroatoms. The van der Waals surface area contributed by atoms with Gasteiger partial charge in [-0.1, -0.05) is 6.92 Å². The molecular weight excluding hydrogens is 174 g/mol. The number of hydrogen-bond acceptors (Lipinski definition) is 3.